The predicted octanol–water partition coefficient (Wildman–Crippen LogP) is 4.99. The highest BCUT2D eigenvalue weighted by Gasteiger charge is 2.34. The van der Waals surface area contributed by atoms with Gasteiger partial charge in [-0.1, -0.05) is 42.5 Å². The fourth-order valence-electron chi connectivity index (χ4n) is 3.03. The van der Waals surface area contributed by atoms with E-state index in [1.807, 2.05) is 6.07 Å². The number of halogens is 3. The smallest absolute Gasteiger partial charge is 0.290 e. The van der Waals surface area contributed by atoms with Gasteiger partial charge in [-0.3, -0.25) is 9.78 Å². The summed E-state index contributed by atoms with van der Waals surface area (Å²) in [7, 11) is 0. The molecule has 2 heterocycles. The maximum atomic E-state index is 13.3. The number of hydrazone groups is 1. The van der Waals surface area contributed by atoms with E-state index in [9.17, 15) is 23.2 Å². The molecule has 2 aromatic heterocycles. The van der Waals surface area contributed by atoms with Crippen LogP contribution in [0.5, 0.6) is 0 Å². The molecule has 4 aromatic rings. The first-order valence-electron chi connectivity index (χ1n) is 8.85. The van der Waals surface area contributed by atoms with Crippen molar-refractivity contribution in [3.8, 4) is 17.3 Å². The molecule has 31 heavy (non-hydrogen) atoms. The minimum Gasteiger partial charge on any atom is -0.290 e. The molecule has 0 spiro atoms. The molecule has 10 heteroatoms. The summed E-state index contributed by atoms with van der Waals surface area (Å²) in [6, 6.07) is 15.2. The summed E-state index contributed by atoms with van der Waals surface area (Å²) in [5.41, 5.74) is 1.98. The molecule has 2 aromatic carbocycles. The predicted molar refractivity (Wildman–Crippen MR) is 113 cm³/mol. The lowest BCUT2D eigenvalue weighted by atomic mass is 10.1. The summed E-state index contributed by atoms with van der Waals surface area (Å²) in [5.74, 6) is -0.0485. The lowest BCUT2D eigenvalue weighted by molar-refractivity contribution is -0.136. The van der Waals surface area contributed by atoms with E-state index in [0.717, 1.165) is 16.7 Å². The number of nitrogens with one attached hydrogen (secondary N) is 2. The van der Waals surface area contributed by atoms with Gasteiger partial charge in [-0.05, 0) is 6.07 Å². The molecule has 0 atom stereocenters. The standard InChI is InChI=1S/C21H12F3N5OS/c22-21(23,24)15-11-31-16-8-4-7-13(17(15)16)10-26-29-20-27-18(12-5-2-1-3-6-12)14(9-25)19(30)28-20/h1-8,10-11H,(H2,27,28,29,30). The van der Waals surface area contributed by atoms with Crippen molar-refractivity contribution >= 4 is 33.6 Å². The van der Waals surface area contributed by atoms with Crippen molar-refractivity contribution in [2.75, 3.05) is 5.43 Å². The Kier molecular flexibility index (Phi) is 5.27. The number of fused-ring (bicyclic) bond motifs is 1. The number of anilines is 1. The van der Waals surface area contributed by atoms with Crippen LogP contribution in [0.25, 0.3) is 21.3 Å². The van der Waals surface area contributed by atoms with Gasteiger partial charge in [0.2, 0.25) is 5.95 Å². The third kappa shape index (κ3) is 4.04. The molecular weight excluding hydrogens is 427 g/mol. The van der Waals surface area contributed by atoms with Crippen molar-refractivity contribution in [1.29, 1.82) is 5.26 Å². The van der Waals surface area contributed by atoms with Crippen LogP contribution in [0.3, 0.4) is 0 Å². The Morgan fingerprint density at radius 2 is 1.94 bits per heavy atom. The van der Waals surface area contributed by atoms with Crippen LogP contribution in [0.1, 0.15) is 16.7 Å². The zero-order chi connectivity index (χ0) is 22.0. The summed E-state index contributed by atoms with van der Waals surface area (Å²) < 4.78 is 40.4. The molecule has 6 nitrogen and oxygen atoms in total. The van der Waals surface area contributed by atoms with Crippen molar-refractivity contribution in [3.05, 3.63) is 81.0 Å². The van der Waals surface area contributed by atoms with E-state index in [2.05, 4.69) is 20.5 Å². The SMILES string of the molecule is N#Cc1c(-c2ccccc2)nc(NN=Cc2cccc3scc(C(F)(F)F)c23)[nH]c1=O. The van der Waals surface area contributed by atoms with Gasteiger partial charge in [-0.25, -0.2) is 10.4 Å². The minimum atomic E-state index is -4.49. The number of nitrogens with zero attached hydrogens (tertiary/aromatic N) is 3. The maximum Gasteiger partial charge on any atom is 0.417 e. The monoisotopic (exact) mass is 439 g/mol. The molecule has 0 saturated heterocycles. The number of thiophene rings is 1. The first-order chi connectivity index (χ1) is 14.9. The van der Waals surface area contributed by atoms with Crippen molar-refractivity contribution in [2.45, 2.75) is 6.18 Å². The fraction of sp³-hybridized carbons (Fsp3) is 0.0476. The molecule has 4 rings (SSSR count). The van der Waals surface area contributed by atoms with Gasteiger partial charge >= 0.3 is 6.18 Å². The lowest BCUT2D eigenvalue weighted by Gasteiger charge is -2.07. The highest BCUT2D eigenvalue weighted by molar-refractivity contribution is 7.17. The molecule has 0 aliphatic heterocycles. The number of hydrogen-bond donors (Lipinski definition) is 2. The van der Waals surface area contributed by atoms with Gasteiger partial charge in [-0.2, -0.15) is 23.5 Å². The summed E-state index contributed by atoms with van der Waals surface area (Å²) in [6.07, 6.45) is -3.26. The van der Waals surface area contributed by atoms with Crippen LogP contribution < -0.4 is 11.0 Å². The second kappa shape index (κ2) is 8.04. The van der Waals surface area contributed by atoms with Gasteiger partial charge in [0, 0.05) is 26.6 Å². The third-order valence-corrected chi connectivity index (χ3v) is 5.34. The van der Waals surface area contributed by atoms with Crippen molar-refractivity contribution in [2.24, 2.45) is 5.10 Å². The van der Waals surface area contributed by atoms with E-state index in [-0.39, 0.29) is 28.2 Å². The van der Waals surface area contributed by atoms with Gasteiger partial charge < -0.3 is 0 Å². The van der Waals surface area contributed by atoms with Gasteiger partial charge in [0.05, 0.1) is 17.5 Å². The Hall–Kier alpha value is -3.97. The van der Waals surface area contributed by atoms with Crippen LogP contribution in [0, 0.1) is 11.3 Å². The largest absolute Gasteiger partial charge is 0.417 e. The average molecular weight is 439 g/mol. The Labute approximate surface area is 177 Å². The highest BCUT2D eigenvalue weighted by atomic mass is 32.1. The van der Waals surface area contributed by atoms with Crippen LogP contribution in [0.4, 0.5) is 19.1 Å². The van der Waals surface area contributed by atoms with E-state index in [4.69, 9.17) is 0 Å². The second-order valence-corrected chi connectivity index (χ2v) is 7.26. The van der Waals surface area contributed by atoms with E-state index in [0.29, 0.717) is 10.3 Å². The fourth-order valence-corrected chi connectivity index (χ4v) is 4.03. The van der Waals surface area contributed by atoms with E-state index in [1.54, 1.807) is 42.5 Å². The molecule has 0 saturated carbocycles. The van der Waals surface area contributed by atoms with E-state index >= 15 is 0 Å². The number of aromatic nitrogens is 2. The van der Waals surface area contributed by atoms with Gasteiger partial charge in [0.15, 0.2) is 0 Å². The van der Waals surface area contributed by atoms with Crippen LogP contribution >= 0.6 is 11.3 Å². The van der Waals surface area contributed by atoms with Crippen LogP contribution in [0.15, 0.2) is 63.8 Å². The Morgan fingerprint density at radius 1 is 1.16 bits per heavy atom. The van der Waals surface area contributed by atoms with Crippen LogP contribution in [-0.4, -0.2) is 16.2 Å². The highest BCUT2D eigenvalue weighted by Crippen LogP contribution is 2.39. The Balaban J connectivity index is 1.70. The molecule has 0 radical (unpaired) electrons. The molecule has 0 unspecified atom stereocenters. The normalized spacial score (nSPS) is 11.7. The number of alkyl halides is 3. The molecule has 154 valence electrons. The van der Waals surface area contributed by atoms with E-state index in [1.165, 1.54) is 12.3 Å². The summed E-state index contributed by atoms with van der Waals surface area (Å²) in [5, 5.41) is 14.4. The van der Waals surface area contributed by atoms with Gasteiger partial charge in [0.25, 0.3) is 5.56 Å². The van der Waals surface area contributed by atoms with Gasteiger partial charge in [0.1, 0.15) is 11.6 Å². The number of H-pyrrole nitrogens is 1. The lowest BCUT2D eigenvalue weighted by Crippen LogP contribution is -2.16. The topological polar surface area (TPSA) is 93.9 Å². The minimum absolute atomic E-state index is 0.0485. The molecule has 0 aliphatic rings. The summed E-state index contributed by atoms with van der Waals surface area (Å²) >= 11 is 0.998. The Morgan fingerprint density at radius 3 is 2.65 bits per heavy atom. The number of benzene rings is 2. The van der Waals surface area contributed by atoms with Crippen molar-refractivity contribution in [1.82, 2.24) is 9.97 Å². The number of hydrogen-bond acceptors (Lipinski definition) is 6. The molecule has 0 bridgehead atoms. The average Bonchev–Trinajstić information content (AvgIpc) is 3.20. The first kappa shape index (κ1) is 20.3. The van der Waals surface area contributed by atoms with Crippen molar-refractivity contribution in [3.63, 3.8) is 0 Å². The molecule has 0 aliphatic carbocycles. The molecule has 2 N–H and O–H groups in total. The Bertz CT molecular complexity index is 1380. The third-order valence-electron chi connectivity index (χ3n) is 4.39. The summed E-state index contributed by atoms with van der Waals surface area (Å²) in [4.78, 5) is 18.9. The number of aromatic amines is 1. The molecular formula is C21H12F3N5OS. The van der Waals surface area contributed by atoms with E-state index < -0.39 is 17.3 Å². The molecule has 0 amide bonds. The summed E-state index contributed by atoms with van der Waals surface area (Å²) in [6.45, 7) is 0. The number of nitriles is 1. The second-order valence-electron chi connectivity index (χ2n) is 6.35. The zero-order valence-electron chi connectivity index (χ0n) is 15.6. The van der Waals surface area contributed by atoms with Crippen LogP contribution in [0.2, 0.25) is 0 Å². The number of rotatable bonds is 4. The first-order valence-corrected chi connectivity index (χ1v) is 9.73. The quantitative estimate of drug-likeness (QED) is 0.346. The maximum absolute atomic E-state index is 13.3. The zero-order valence-corrected chi connectivity index (χ0v) is 16.4. The molecule has 0 fully saturated rings. The van der Waals surface area contributed by atoms with Gasteiger partial charge in [-0.15, -0.1) is 11.3 Å². The van der Waals surface area contributed by atoms with Crippen molar-refractivity contribution < 1.29 is 13.2 Å². The van der Waals surface area contributed by atoms with Crippen LogP contribution in [-0.2, 0) is 6.18 Å².